The molecule has 92 valence electrons. The summed E-state index contributed by atoms with van der Waals surface area (Å²) in [5.41, 5.74) is 3.27. The third kappa shape index (κ3) is 1.73. The van der Waals surface area contributed by atoms with E-state index in [1.807, 2.05) is 42.3 Å². The number of aromatic nitrogens is 4. The fourth-order valence-corrected chi connectivity index (χ4v) is 2.21. The minimum Gasteiger partial charge on any atom is -0.376 e. The van der Waals surface area contributed by atoms with E-state index in [2.05, 4.69) is 33.6 Å². The van der Waals surface area contributed by atoms with Gasteiger partial charge in [-0.1, -0.05) is 6.07 Å². The molecule has 1 unspecified atom stereocenters. The van der Waals surface area contributed by atoms with E-state index < -0.39 is 0 Å². The van der Waals surface area contributed by atoms with E-state index in [4.69, 9.17) is 0 Å². The number of nitrogens with one attached hydrogen (secondary N) is 2. The molecule has 0 bridgehead atoms. The van der Waals surface area contributed by atoms with Crippen molar-refractivity contribution >= 4 is 16.6 Å². The molecule has 0 saturated carbocycles. The van der Waals surface area contributed by atoms with E-state index >= 15 is 0 Å². The van der Waals surface area contributed by atoms with Gasteiger partial charge in [0.2, 0.25) is 0 Å². The first-order valence-corrected chi connectivity index (χ1v) is 5.92. The van der Waals surface area contributed by atoms with Crippen molar-refractivity contribution in [3.63, 3.8) is 0 Å². The lowest BCUT2D eigenvalue weighted by Crippen LogP contribution is -2.11. The zero-order valence-corrected chi connectivity index (χ0v) is 10.4. The summed E-state index contributed by atoms with van der Waals surface area (Å²) in [6.45, 7) is 2.12. The average Bonchev–Trinajstić information content (AvgIpc) is 2.97. The molecule has 0 amide bonds. The van der Waals surface area contributed by atoms with E-state index in [9.17, 15) is 0 Å². The highest BCUT2D eigenvalue weighted by Crippen LogP contribution is 2.25. The van der Waals surface area contributed by atoms with Crippen LogP contribution in [0.25, 0.3) is 10.9 Å². The zero-order valence-electron chi connectivity index (χ0n) is 10.4. The fraction of sp³-hybridized carbons (Fsp3) is 0.231. The first-order chi connectivity index (χ1) is 8.75. The molecule has 5 heteroatoms. The molecule has 0 spiro atoms. The summed E-state index contributed by atoms with van der Waals surface area (Å²) in [5, 5.41) is 15.8. The van der Waals surface area contributed by atoms with E-state index in [-0.39, 0.29) is 6.04 Å². The lowest BCUT2D eigenvalue weighted by molar-refractivity contribution is 0.676. The highest BCUT2D eigenvalue weighted by Gasteiger charge is 2.11. The molecule has 2 aromatic heterocycles. The molecule has 0 fully saturated rings. The van der Waals surface area contributed by atoms with E-state index in [0.29, 0.717) is 0 Å². The highest BCUT2D eigenvalue weighted by molar-refractivity contribution is 5.90. The monoisotopic (exact) mass is 241 g/mol. The predicted octanol–water partition coefficient (Wildman–Crippen LogP) is 2.47. The fourth-order valence-electron chi connectivity index (χ4n) is 2.21. The molecule has 3 rings (SSSR count). The maximum absolute atomic E-state index is 4.19. The van der Waals surface area contributed by atoms with Gasteiger partial charge in [-0.25, -0.2) is 0 Å². The number of benzene rings is 1. The lowest BCUT2D eigenvalue weighted by Gasteiger charge is -2.16. The molecule has 0 aliphatic heterocycles. The Bertz CT molecular complexity index is 667. The molecule has 0 saturated heterocycles. The summed E-state index contributed by atoms with van der Waals surface area (Å²) in [7, 11) is 1.95. The number of H-pyrrole nitrogens is 1. The van der Waals surface area contributed by atoms with E-state index in [1.165, 1.54) is 0 Å². The molecule has 0 aliphatic rings. The molecular formula is C13H15N5. The van der Waals surface area contributed by atoms with Gasteiger partial charge in [0.25, 0.3) is 0 Å². The number of aryl methyl sites for hydroxylation is 1. The Morgan fingerprint density at radius 1 is 1.33 bits per heavy atom. The van der Waals surface area contributed by atoms with E-state index in [1.54, 1.807) is 0 Å². The standard InChI is InChI=1S/C13H15N5/c1-9(13-6-7-15-18(13)2)16-11-4-3-5-12-10(11)8-14-17-12/h3-9,16H,1-2H3,(H,14,17). The first kappa shape index (κ1) is 10.8. The van der Waals surface area contributed by atoms with Gasteiger partial charge < -0.3 is 5.32 Å². The van der Waals surface area contributed by atoms with Crippen LogP contribution in [0.15, 0.2) is 36.7 Å². The second-order valence-electron chi connectivity index (χ2n) is 4.38. The molecule has 0 radical (unpaired) electrons. The van der Waals surface area contributed by atoms with Crippen molar-refractivity contribution in [2.75, 3.05) is 5.32 Å². The van der Waals surface area contributed by atoms with Gasteiger partial charge in [0.1, 0.15) is 0 Å². The Labute approximate surface area is 105 Å². The average molecular weight is 241 g/mol. The summed E-state index contributed by atoms with van der Waals surface area (Å²) in [6, 6.07) is 8.30. The molecule has 3 aromatic rings. The van der Waals surface area contributed by atoms with Crippen molar-refractivity contribution in [2.45, 2.75) is 13.0 Å². The maximum atomic E-state index is 4.19. The molecule has 2 heterocycles. The van der Waals surface area contributed by atoms with Crippen LogP contribution in [-0.2, 0) is 7.05 Å². The first-order valence-electron chi connectivity index (χ1n) is 5.92. The minimum atomic E-state index is 0.193. The van der Waals surface area contributed by atoms with Crippen molar-refractivity contribution in [1.82, 2.24) is 20.0 Å². The van der Waals surface area contributed by atoms with Crippen LogP contribution >= 0.6 is 0 Å². The summed E-state index contributed by atoms with van der Waals surface area (Å²) in [6.07, 6.45) is 3.65. The van der Waals surface area contributed by atoms with Gasteiger partial charge in [-0.3, -0.25) is 9.78 Å². The third-order valence-electron chi connectivity index (χ3n) is 3.16. The number of hydrogen-bond donors (Lipinski definition) is 2. The van der Waals surface area contributed by atoms with Crippen LogP contribution in [0.5, 0.6) is 0 Å². The largest absolute Gasteiger partial charge is 0.376 e. The van der Waals surface area contributed by atoms with Crippen LogP contribution in [0.1, 0.15) is 18.7 Å². The lowest BCUT2D eigenvalue weighted by atomic mass is 10.2. The summed E-state index contributed by atoms with van der Waals surface area (Å²) >= 11 is 0. The Hall–Kier alpha value is -2.30. The summed E-state index contributed by atoms with van der Waals surface area (Å²) < 4.78 is 1.88. The molecule has 1 atom stereocenters. The molecule has 18 heavy (non-hydrogen) atoms. The molecular weight excluding hydrogens is 226 g/mol. The second kappa shape index (κ2) is 4.18. The van der Waals surface area contributed by atoms with Gasteiger partial charge in [0, 0.05) is 24.3 Å². The van der Waals surface area contributed by atoms with Crippen LogP contribution < -0.4 is 5.32 Å². The topological polar surface area (TPSA) is 58.5 Å². The number of anilines is 1. The normalized spacial score (nSPS) is 12.8. The van der Waals surface area contributed by atoms with Crippen molar-refractivity contribution in [3.8, 4) is 0 Å². The van der Waals surface area contributed by atoms with Gasteiger partial charge in [-0.2, -0.15) is 10.2 Å². The quantitative estimate of drug-likeness (QED) is 0.740. The van der Waals surface area contributed by atoms with Crippen LogP contribution in [0.4, 0.5) is 5.69 Å². The Kier molecular flexibility index (Phi) is 2.51. The maximum Gasteiger partial charge on any atom is 0.0671 e. The van der Waals surface area contributed by atoms with Crippen molar-refractivity contribution in [2.24, 2.45) is 7.05 Å². The molecule has 0 aliphatic carbocycles. The Morgan fingerprint density at radius 2 is 2.22 bits per heavy atom. The minimum absolute atomic E-state index is 0.193. The van der Waals surface area contributed by atoms with Crippen LogP contribution in [0.2, 0.25) is 0 Å². The number of hydrogen-bond acceptors (Lipinski definition) is 3. The summed E-state index contributed by atoms with van der Waals surface area (Å²) in [5.74, 6) is 0. The van der Waals surface area contributed by atoms with Crippen molar-refractivity contribution < 1.29 is 0 Å². The van der Waals surface area contributed by atoms with E-state index in [0.717, 1.165) is 22.3 Å². The van der Waals surface area contributed by atoms with Crippen LogP contribution in [0, 0.1) is 0 Å². The second-order valence-corrected chi connectivity index (χ2v) is 4.38. The highest BCUT2D eigenvalue weighted by atomic mass is 15.3. The number of aromatic amines is 1. The molecule has 2 N–H and O–H groups in total. The van der Waals surface area contributed by atoms with Gasteiger partial charge >= 0.3 is 0 Å². The SMILES string of the molecule is CC(Nc1cccc2[nH]ncc12)c1ccnn1C. The zero-order chi connectivity index (χ0) is 12.5. The Balaban J connectivity index is 1.93. The number of fused-ring (bicyclic) bond motifs is 1. The van der Waals surface area contributed by atoms with Gasteiger partial charge in [0.15, 0.2) is 0 Å². The van der Waals surface area contributed by atoms with Crippen molar-refractivity contribution in [1.29, 1.82) is 0 Å². The molecule has 1 aromatic carbocycles. The van der Waals surface area contributed by atoms with Crippen LogP contribution in [-0.4, -0.2) is 20.0 Å². The van der Waals surface area contributed by atoms with Gasteiger partial charge in [0.05, 0.1) is 23.4 Å². The predicted molar refractivity (Wildman–Crippen MR) is 71.3 cm³/mol. The summed E-state index contributed by atoms with van der Waals surface area (Å²) in [4.78, 5) is 0. The molecule has 5 nitrogen and oxygen atoms in total. The smallest absolute Gasteiger partial charge is 0.0671 e. The van der Waals surface area contributed by atoms with Crippen LogP contribution in [0.3, 0.4) is 0 Å². The third-order valence-corrected chi connectivity index (χ3v) is 3.16. The number of rotatable bonds is 3. The van der Waals surface area contributed by atoms with Crippen molar-refractivity contribution in [3.05, 3.63) is 42.4 Å². The number of nitrogens with zero attached hydrogens (tertiary/aromatic N) is 3. The van der Waals surface area contributed by atoms with Gasteiger partial charge in [-0.15, -0.1) is 0 Å². The Morgan fingerprint density at radius 3 is 3.00 bits per heavy atom. The van der Waals surface area contributed by atoms with Gasteiger partial charge in [-0.05, 0) is 25.1 Å².